The summed E-state index contributed by atoms with van der Waals surface area (Å²) in [6, 6.07) is 11.2. The predicted octanol–water partition coefficient (Wildman–Crippen LogP) is 2.95. The van der Waals surface area contributed by atoms with Gasteiger partial charge in [-0.1, -0.05) is 0 Å². The van der Waals surface area contributed by atoms with Crippen LogP contribution in [0.4, 0.5) is 11.5 Å². The Kier molecular flexibility index (Phi) is 10.2. The second-order valence-electron chi connectivity index (χ2n) is 11.4. The van der Waals surface area contributed by atoms with Crippen LogP contribution in [0.5, 0.6) is 0 Å². The molecule has 2 saturated heterocycles. The van der Waals surface area contributed by atoms with Crippen LogP contribution in [0.2, 0.25) is 0 Å². The Morgan fingerprint density at radius 1 is 0.902 bits per heavy atom. The molecule has 1 aromatic carbocycles. The molecule has 0 aliphatic carbocycles. The molecule has 4 rings (SSSR count). The molecule has 0 spiro atoms. The van der Waals surface area contributed by atoms with Crippen molar-refractivity contribution in [3.05, 3.63) is 53.7 Å². The number of piperazine rings is 1. The average molecular weight is 565 g/mol. The summed E-state index contributed by atoms with van der Waals surface area (Å²) < 4.78 is 0. The highest BCUT2D eigenvalue weighted by Gasteiger charge is 2.31. The molecule has 2 aliphatic heterocycles. The zero-order chi connectivity index (χ0) is 29.5. The van der Waals surface area contributed by atoms with Crippen LogP contribution in [-0.2, 0) is 4.79 Å². The lowest BCUT2D eigenvalue weighted by Crippen LogP contribution is -2.49. The van der Waals surface area contributed by atoms with Gasteiger partial charge in [0.25, 0.3) is 11.8 Å². The lowest BCUT2D eigenvalue weighted by molar-refractivity contribution is -0.139. The Labute approximate surface area is 243 Å². The number of nitrogens with one attached hydrogen (secondary N) is 1. The summed E-state index contributed by atoms with van der Waals surface area (Å²) in [5.74, 6) is 0.705. The van der Waals surface area contributed by atoms with Crippen molar-refractivity contribution in [3.8, 4) is 0 Å². The third kappa shape index (κ3) is 7.35. The number of likely N-dealkylation sites (tertiary alicyclic amines) is 1. The van der Waals surface area contributed by atoms with E-state index in [9.17, 15) is 19.5 Å². The molecule has 2 aromatic rings. The number of hydrogen-bond acceptors (Lipinski definition) is 7. The van der Waals surface area contributed by atoms with E-state index in [-0.39, 0.29) is 36.3 Å². The van der Waals surface area contributed by atoms with Crippen LogP contribution in [0.3, 0.4) is 0 Å². The first-order chi connectivity index (χ1) is 19.7. The van der Waals surface area contributed by atoms with Crippen LogP contribution in [-0.4, -0.2) is 107 Å². The first-order valence-corrected chi connectivity index (χ1v) is 14.8. The third-order valence-corrected chi connectivity index (χ3v) is 7.85. The van der Waals surface area contributed by atoms with E-state index in [1.54, 1.807) is 40.3 Å². The highest BCUT2D eigenvalue weighted by Crippen LogP contribution is 2.25. The number of anilines is 2. The molecular weight excluding hydrogens is 520 g/mol. The number of aromatic nitrogens is 1. The molecule has 2 N–H and O–H groups in total. The fraction of sp³-hybridized carbons (Fsp3) is 0.548. The molecule has 10 heteroatoms. The molecule has 0 bridgehead atoms. The maximum absolute atomic E-state index is 13.2. The first-order valence-electron chi connectivity index (χ1n) is 14.8. The third-order valence-electron chi connectivity index (χ3n) is 7.85. The number of benzene rings is 1. The van der Waals surface area contributed by atoms with Crippen molar-refractivity contribution in [1.82, 2.24) is 19.7 Å². The van der Waals surface area contributed by atoms with Crippen LogP contribution in [0.25, 0.3) is 0 Å². The predicted molar refractivity (Wildman–Crippen MR) is 160 cm³/mol. The summed E-state index contributed by atoms with van der Waals surface area (Å²) in [7, 11) is 0. The van der Waals surface area contributed by atoms with Crippen LogP contribution >= 0.6 is 0 Å². The van der Waals surface area contributed by atoms with Gasteiger partial charge in [0.2, 0.25) is 5.91 Å². The zero-order valence-corrected chi connectivity index (χ0v) is 24.8. The number of rotatable bonds is 9. The van der Waals surface area contributed by atoms with Gasteiger partial charge in [0.15, 0.2) is 5.82 Å². The SMILES string of the molecule is CC(C)Nc1cccnc1N1CCN(C(=O)c2ccc(C(=O)N3CCC(C(=O)N(CCO)C(C)C)CC3)cc2)CC1. The Morgan fingerprint density at radius 2 is 1.46 bits per heavy atom. The molecule has 3 amide bonds. The van der Waals surface area contributed by atoms with E-state index < -0.39 is 0 Å². The Bertz CT molecular complexity index is 1190. The van der Waals surface area contributed by atoms with Crippen molar-refractivity contribution in [3.63, 3.8) is 0 Å². The van der Waals surface area contributed by atoms with Crippen molar-refractivity contribution in [2.45, 2.75) is 52.6 Å². The van der Waals surface area contributed by atoms with E-state index in [0.717, 1.165) is 11.5 Å². The fourth-order valence-electron chi connectivity index (χ4n) is 5.61. The number of aliphatic hydroxyl groups excluding tert-OH is 1. The van der Waals surface area contributed by atoms with Crippen molar-refractivity contribution in [1.29, 1.82) is 0 Å². The van der Waals surface area contributed by atoms with E-state index >= 15 is 0 Å². The number of pyridine rings is 1. The molecule has 10 nitrogen and oxygen atoms in total. The van der Waals surface area contributed by atoms with Gasteiger partial charge in [-0.3, -0.25) is 14.4 Å². The number of amides is 3. The minimum atomic E-state index is -0.135. The molecule has 1 aromatic heterocycles. The van der Waals surface area contributed by atoms with Crippen LogP contribution < -0.4 is 10.2 Å². The second-order valence-corrected chi connectivity index (χ2v) is 11.4. The van der Waals surface area contributed by atoms with Gasteiger partial charge in [0.05, 0.1) is 12.3 Å². The number of nitrogens with zero attached hydrogens (tertiary/aromatic N) is 5. The highest BCUT2D eigenvalue weighted by atomic mass is 16.3. The molecule has 2 fully saturated rings. The molecule has 222 valence electrons. The van der Waals surface area contributed by atoms with Gasteiger partial charge in [0.1, 0.15) is 0 Å². The summed E-state index contributed by atoms with van der Waals surface area (Å²) in [5, 5.41) is 12.8. The van der Waals surface area contributed by atoms with Gasteiger partial charge in [-0.05, 0) is 76.9 Å². The van der Waals surface area contributed by atoms with Gasteiger partial charge in [-0.25, -0.2) is 4.98 Å². The van der Waals surface area contributed by atoms with Gasteiger partial charge in [-0.15, -0.1) is 0 Å². The average Bonchev–Trinajstić information content (AvgIpc) is 2.99. The van der Waals surface area contributed by atoms with Crippen LogP contribution in [0, 0.1) is 5.92 Å². The molecule has 0 saturated carbocycles. The fourth-order valence-corrected chi connectivity index (χ4v) is 5.61. The van der Waals surface area contributed by atoms with E-state index in [4.69, 9.17) is 0 Å². The summed E-state index contributed by atoms with van der Waals surface area (Å²) >= 11 is 0. The Balaban J connectivity index is 1.29. The largest absolute Gasteiger partial charge is 0.395 e. The van der Waals surface area contributed by atoms with E-state index in [1.165, 1.54) is 0 Å². The minimum absolute atomic E-state index is 0.0279. The lowest BCUT2D eigenvalue weighted by Gasteiger charge is -2.36. The summed E-state index contributed by atoms with van der Waals surface area (Å²) in [6.07, 6.45) is 3.01. The maximum Gasteiger partial charge on any atom is 0.253 e. The quantitative estimate of drug-likeness (QED) is 0.482. The Hall–Kier alpha value is -3.66. The molecule has 0 radical (unpaired) electrons. The normalized spacial score (nSPS) is 16.3. The van der Waals surface area contributed by atoms with Gasteiger partial charge in [-0.2, -0.15) is 0 Å². The van der Waals surface area contributed by atoms with Crippen LogP contribution in [0.15, 0.2) is 42.6 Å². The van der Waals surface area contributed by atoms with E-state index in [2.05, 4.69) is 29.0 Å². The number of piperidine rings is 1. The molecule has 3 heterocycles. The first kappa shape index (κ1) is 30.3. The van der Waals surface area contributed by atoms with Crippen LogP contribution in [0.1, 0.15) is 61.3 Å². The van der Waals surface area contributed by atoms with Crippen molar-refractivity contribution in [2.75, 3.05) is 62.6 Å². The Morgan fingerprint density at radius 3 is 1.98 bits per heavy atom. The summed E-state index contributed by atoms with van der Waals surface area (Å²) in [6.45, 7) is 12.0. The number of carbonyl (C=O) groups is 3. The lowest BCUT2D eigenvalue weighted by atomic mass is 9.94. The minimum Gasteiger partial charge on any atom is -0.395 e. The van der Waals surface area contributed by atoms with E-state index in [0.29, 0.717) is 75.8 Å². The molecule has 2 aliphatic rings. The topological polar surface area (TPSA) is 109 Å². The summed E-state index contributed by atoms with van der Waals surface area (Å²) in [5.41, 5.74) is 2.11. The second kappa shape index (κ2) is 13.8. The molecule has 0 atom stereocenters. The maximum atomic E-state index is 13.2. The molecule has 41 heavy (non-hydrogen) atoms. The van der Waals surface area contributed by atoms with Gasteiger partial charge >= 0.3 is 0 Å². The number of carbonyl (C=O) groups excluding carboxylic acids is 3. The molecular formula is C31H44N6O4. The monoisotopic (exact) mass is 564 g/mol. The summed E-state index contributed by atoms with van der Waals surface area (Å²) in [4.78, 5) is 51.4. The van der Waals surface area contributed by atoms with Crippen molar-refractivity contribution >= 4 is 29.2 Å². The highest BCUT2D eigenvalue weighted by molar-refractivity contribution is 5.98. The van der Waals surface area contributed by atoms with Gasteiger partial charge in [0, 0.05) is 81.1 Å². The smallest absolute Gasteiger partial charge is 0.253 e. The number of aliphatic hydroxyl groups is 1. The number of hydrogen-bond donors (Lipinski definition) is 2. The van der Waals surface area contributed by atoms with Gasteiger partial charge < -0.3 is 30.0 Å². The molecule has 0 unspecified atom stereocenters. The van der Waals surface area contributed by atoms with Crippen molar-refractivity contribution in [2.24, 2.45) is 5.92 Å². The standard InChI is InChI=1S/C31H44N6O4/c1-22(2)33-27-6-5-13-32-28(27)34-16-18-36(19-17-34)30(40)25-9-7-24(8-10-25)29(39)35-14-11-26(12-15-35)31(41)37(20-21-38)23(3)4/h5-10,13,22-23,26,33,38H,11-12,14-21H2,1-4H3. The zero-order valence-electron chi connectivity index (χ0n) is 24.8. The van der Waals surface area contributed by atoms with Crippen molar-refractivity contribution < 1.29 is 19.5 Å². The van der Waals surface area contributed by atoms with E-state index in [1.807, 2.05) is 30.9 Å².